The molecule has 0 fully saturated rings. The van der Waals surface area contributed by atoms with Gasteiger partial charge in [-0.25, -0.2) is 0 Å². The fourth-order valence-corrected chi connectivity index (χ4v) is 1.43. The Hall–Kier alpha value is -0.654. The molecule has 3 nitrogen and oxygen atoms in total. The fourth-order valence-electron chi connectivity index (χ4n) is 1.43. The molecular formula is C14H11KO3. The summed E-state index contributed by atoms with van der Waals surface area (Å²) < 4.78 is 5.51. The Bertz CT molecular complexity index is 494. The number of carboxylic acid groups (broad SMARTS) is 1. The summed E-state index contributed by atoms with van der Waals surface area (Å²) in [6.07, 6.45) is 0. The van der Waals surface area contributed by atoms with E-state index < -0.39 is 5.97 Å². The molecule has 0 amide bonds. The summed E-state index contributed by atoms with van der Waals surface area (Å²) in [6, 6.07) is 15.9. The first-order valence-electron chi connectivity index (χ1n) is 5.24. The summed E-state index contributed by atoms with van der Waals surface area (Å²) in [5.74, 6) is -0.543. The Morgan fingerprint density at radius 2 is 1.61 bits per heavy atom. The van der Waals surface area contributed by atoms with E-state index in [1.165, 1.54) is 12.1 Å². The Balaban J connectivity index is 0.00000162. The van der Waals surface area contributed by atoms with Crippen molar-refractivity contribution >= 4 is 5.97 Å². The SMILES string of the molecule is O=C([O-])c1ccc(OCc2ccccc2)cc1.[K+]. The third-order valence-electron chi connectivity index (χ3n) is 2.34. The zero-order valence-electron chi connectivity index (χ0n) is 10.1. The minimum atomic E-state index is -1.18. The van der Waals surface area contributed by atoms with E-state index in [0.717, 1.165) is 5.56 Å². The van der Waals surface area contributed by atoms with Gasteiger partial charge in [-0.2, -0.15) is 0 Å². The molecule has 2 rings (SSSR count). The van der Waals surface area contributed by atoms with Crippen LogP contribution in [0.4, 0.5) is 0 Å². The van der Waals surface area contributed by atoms with Crippen molar-refractivity contribution in [1.82, 2.24) is 0 Å². The molecule has 0 aliphatic carbocycles. The van der Waals surface area contributed by atoms with Gasteiger partial charge in [0.25, 0.3) is 0 Å². The van der Waals surface area contributed by atoms with Gasteiger partial charge >= 0.3 is 51.4 Å². The molecule has 0 aromatic heterocycles. The maximum absolute atomic E-state index is 10.5. The molecule has 0 unspecified atom stereocenters. The Morgan fingerprint density at radius 3 is 2.17 bits per heavy atom. The van der Waals surface area contributed by atoms with Crippen LogP contribution in [0.5, 0.6) is 5.75 Å². The van der Waals surface area contributed by atoms with Crippen LogP contribution in [0, 0.1) is 0 Å². The molecule has 0 saturated carbocycles. The smallest absolute Gasteiger partial charge is 0.545 e. The van der Waals surface area contributed by atoms with E-state index in [9.17, 15) is 9.90 Å². The Kier molecular flexibility index (Phi) is 6.60. The number of carbonyl (C=O) groups is 1. The van der Waals surface area contributed by atoms with E-state index in [1.54, 1.807) is 12.1 Å². The molecular weight excluding hydrogens is 255 g/mol. The second kappa shape index (κ2) is 7.71. The topological polar surface area (TPSA) is 49.4 Å². The molecule has 0 aliphatic rings. The third kappa shape index (κ3) is 4.55. The van der Waals surface area contributed by atoms with Gasteiger partial charge in [-0.3, -0.25) is 0 Å². The summed E-state index contributed by atoms with van der Waals surface area (Å²) in [5.41, 5.74) is 1.22. The van der Waals surface area contributed by atoms with Crippen LogP contribution >= 0.6 is 0 Å². The predicted octanol–water partition coefficient (Wildman–Crippen LogP) is -1.37. The van der Waals surface area contributed by atoms with Crippen molar-refractivity contribution < 1.29 is 66.0 Å². The number of hydrogen-bond donors (Lipinski definition) is 0. The maximum atomic E-state index is 10.5. The molecule has 2 aromatic carbocycles. The molecule has 18 heavy (non-hydrogen) atoms. The molecule has 0 atom stereocenters. The summed E-state index contributed by atoms with van der Waals surface area (Å²) >= 11 is 0. The van der Waals surface area contributed by atoms with Crippen LogP contribution in [0.1, 0.15) is 15.9 Å². The van der Waals surface area contributed by atoms with Crippen molar-refractivity contribution in [2.45, 2.75) is 6.61 Å². The minimum Gasteiger partial charge on any atom is -0.545 e. The van der Waals surface area contributed by atoms with Crippen molar-refractivity contribution in [2.24, 2.45) is 0 Å². The number of rotatable bonds is 4. The van der Waals surface area contributed by atoms with E-state index >= 15 is 0 Å². The van der Waals surface area contributed by atoms with Gasteiger partial charge in [0, 0.05) is 0 Å². The molecule has 0 N–H and O–H groups in total. The summed E-state index contributed by atoms with van der Waals surface area (Å²) in [6.45, 7) is 0.464. The van der Waals surface area contributed by atoms with E-state index in [2.05, 4.69) is 0 Å². The van der Waals surface area contributed by atoms with Gasteiger partial charge in [0.1, 0.15) is 12.4 Å². The quantitative estimate of drug-likeness (QED) is 0.642. The minimum absolute atomic E-state index is 0. The van der Waals surface area contributed by atoms with Crippen LogP contribution in [0.25, 0.3) is 0 Å². The van der Waals surface area contributed by atoms with Crippen LogP contribution < -0.4 is 61.2 Å². The van der Waals surface area contributed by atoms with Gasteiger partial charge in [-0.1, -0.05) is 30.3 Å². The summed E-state index contributed by atoms with van der Waals surface area (Å²) in [7, 11) is 0. The van der Waals surface area contributed by atoms with Crippen LogP contribution in [-0.2, 0) is 6.61 Å². The summed E-state index contributed by atoms with van der Waals surface area (Å²) in [4.78, 5) is 10.5. The second-order valence-corrected chi connectivity index (χ2v) is 3.59. The number of hydrogen-bond acceptors (Lipinski definition) is 3. The second-order valence-electron chi connectivity index (χ2n) is 3.59. The molecule has 0 bridgehead atoms. The molecule has 0 radical (unpaired) electrons. The van der Waals surface area contributed by atoms with Gasteiger partial charge in [-0.05, 0) is 35.4 Å². The number of carboxylic acids is 1. The molecule has 0 heterocycles. The predicted molar refractivity (Wildman–Crippen MR) is 61.5 cm³/mol. The molecule has 4 heteroatoms. The van der Waals surface area contributed by atoms with Crippen molar-refractivity contribution in [1.29, 1.82) is 0 Å². The van der Waals surface area contributed by atoms with Crippen LogP contribution in [0.3, 0.4) is 0 Å². The molecule has 0 spiro atoms. The van der Waals surface area contributed by atoms with Crippen molar-refractivity contribution in [3.63, 3.8) is 0 Å². The van der Waals surface area contributed by atoms with E-state index in [1.807, 2.05) is 30.3 Å². The molecule has 86 valence electrons. The monoisotopic (exact) mass is 266 g/mol. The zero-order chi connectivity index (χ0) is 12.1. The molecule has 0 aliphatic heterocycles. The van der Waals surface area contributed by atoms with E-state index in [4.69, 9.17) is 4.74 Å². The zero-order valence-corrected chi connectivity index (χ0v) is 13.3. The van der Waals surface area contributed by atoms with Gasteiger partial charge < -0.3 is 14.6 Å². The first-order valence-corrected chi connectivity index (χ1v) is 5.24. The normalized spacial score (nSPS) is 9.33. The number of aromatic carboxylic acids is 1. The molecule has 0 saturated heterocycles. The van der Waals surface area contributed by atoms with Crippen molar-refractivity contribution in [3.8, 4) is 5.75 Å². The number of carbonyl (C=O) groups excluding carboxylic acids is 1. The first-order chi connectivity index (χ1) is 8.25. The van der Waals surface area contributed by atoms with Gasteiger partial charge in [0.15, 0.2) is 0 Å². The number of benzene rings is 2. The van der Waals surface area contributed by atoms with Crippen LogP contribution in [-0.4, -0.2) is 5.97 Å². The fraction of sp³-hybridized carbons (Fsp3) is 0.0714. The largest absolute Gasteiger partial charge is 1.00 e. The average molecular weight is 266 g/mol. The average Bonchev–Trinajstić information content (AvgIpc) is 2.38. The Morgan fingerprint density at radius 1 is 1.00 bits per heavy atom. The maximum Gasteiger partial charge on any atom is 1.00 e. The summed E-state index contributed by atoms with van der Waals surface area (Å²) in [5, 5.41) is 10.5. The number of ether oxygens (including phenoxy) is 1. The third-order valence-corrected chi connectivity index (χ3v) is 2.34. The molecule has 2 aromatic rings. The standard InChI is InChI=1S/C14H12O3.K/c15-14(16)12-6-8-13(9-7-12)17-10-11-4-2-1-3-5-11;/h1-9H,10H2,(H,15,16);/q;+1/p-1. The van der Waals surface area contributed by atoms with Crippen LogP contribution in [0.15, 0.2) is 54.6 Å². The van der Waals surface area contributed by atoms with E-state index in [-0.39, 0.29) is 56.9 Å². The van der Waals surface area contributed by atoms with Crippen molar-refractivity contribution in [2.75, 3.05) is 0 Å². The first kappa shape index (κ1) is 15.4. The van der Waals surface area contributed by atoms with Crippen LogP contribution in [0.2, 0.25) is 0 Å². The van der Waals surface area contributed by atoms with Crippen molar-refractivity contribution in [3.05, 3.63) is 65.7 Å². The van der Waals surface area contributed by atoms with Gasteiger partial charge in [0.05, 0.1) is 5.97 Å². The van der Waals surface area contributed by atoms with Gasteiger partial charge in [0.2, 0.25) is 0 Å². The van der Waals surface area contributed by atoms with Gasteiger partial charge in [-0.15, -0.1) is 0 Å². The van der Waals surface area contributed by atoms with E-state index in [0.29, 0.717) is 12.4 Å². The Labute approximate surface area is 148 Å².